The molecule has 3 rings (SSSR count). The summed E-state index contributed by atoms with van der Waals surface area (Å²) in [6.07, 6.45) is 4.66. The molecule has 7 heteroatoms. The minimum absolute atomic E-state index is 0.0512. The predicted octanol–water partition coefficient (Wildman–Crippen LogP) is 3.03. The van der Waals surface area contributed by atoms with Crippen LogP contribution in [0, 0.1) is 0 Å². The molecule has 0 bridgehead atoms. The summed E-state index contributed by atoms with van der Waals surface area (Å²) in [6, 6.07) is 11.8. The van der Waals surface area contributed by atoms with Crippen molar-refractivity contribution in [2.75, 3.05) is 46.4 Å². The van der Waals surface area contributed by atoms with Crippen molar-refractivity contribution in [1.82, 2.24) is 15.1 Å². The van der Waals surface area contributed by atoms with Crippen molar-refractivity contribution in [2.24, 2.45) is 4.99 Å². The van der Waals surface area contributed by atoms with Crippen LogP contribution in [0.4, 0.5) is 0 Å². The standard InChI is InChI=1S/C23H32N4O3/c1-3-4-17-29-20-9-7-19(8-10-20)11-12-25-23(24-2)27-15-13-26(14-16-27)22(28)21-6-5-18-30-21/h5-10,18H,3-4,11-17H2,1-2H3,(H,24,25). The number of piperazine rings is 1. The van der Waals surface area contributed by atoms with Crippen LogP contribution in [-0.4, -0.2) is 68.0 Å². The Hall–Kier alpha value is -2.96. The lowest BCUT2D eigenvalue weighted by atomic mass is 10.1. The van der Waals surface area contributed by atoms with Gasteiger partial charge in [-0.1, -0.05) is 25.5 Å². The molecule has 1 amide bonds. The number of guanidine groups is 1. The second-order valence-electron chi connectivity index (χ2n) is 7.33. The van der Waals surface area contributed by atoms with Crippen LogP contribution in [0.25, 0.3) is 0 Å². The van der Waals surface area contributed by atoms with E-state index in [-0.39, 0.29) is 5.91 Å². The number of unbranched alkanes of at least 4 members (excludes halogenated alkanes) is 1. The van der Waals surface area contributed by atoms with E-state index in [4.69, 9.17) is 9.15 Å². The molecule has 1 aliphatic rings. The Morgan fingerprint density at radius 3 is 2.50 bits per heavy atom. The van der Waals surface area contributed by atoms with Gasteiger partial charge in [-0.15, -0.1) is 0 Å². The number of carbonyl (C=O) groups excluding carboxylic acids is 1. The van der Waals surface area contributed by atoms with Crippen LogP contribution in [0.1, 0.15) is 35.9 Å². The molecule has 7 nitrogen and oxygen atoms in total. The van der Waals surface area contributed by atoms with E-state index in [2.05, 4.69) is 34.3 Å². The Morgan fingerprint density at radius 1 is 1.13 bits per heavy atom. The van der Waals surface area contributed by atoms with Crippen molar-refractivity contribution in [3.8, 4) is 5.75 Å². The zero-order valence-electron chi connectivity index (χ0n) is 18.0. The number of ether oxygens (including phenoxy) is 1. The summed E-state index contributed by atoms with van der Waals surface area (Å²) in [4.78, 5) is 20.8. The number of hydrogen-bond donors (Lipinski definition) is 1. The predicted molar refractivity (Wildman–Crippen MR) is 118 cm³/mol. The number of furan rings is 1. The summed E-state index contributed by atoms with van der Waals surface area (Å²) in [5, 5.41) is 3.44. The van der Waals surface area contributed by atoms with Crippen LogP contribution in [0.15, 0.2) is 52.1 Å². The third-order valence-corrected chi connectivity index (χ3v) is 5.20. The number of aliphatic imine (C=N–C) groups is 1. The van der Waals surface area contributed by atoms with Gasteiger partial charge >= 0.3 is 0 Å². The zero-order valence-corrected chi connectivity index (χ0v) is 18.0. The van der Waals surface area contributed by atoms with Crippen LogP contribution >= 0.6 is 0 Å². The molecule has 2 heterocycles. The largest absolute Gasteiger partial charge is 0.494 e. The number of nitrogens with zero attached hydrogens (tertiary/aromatic N) is 3. The van der Waals surface area contributed by atoms with Gasteiger partial charge in [-0.25, -0.2) is 0 Å². The molecule has 0 spiro atoms. The average molecular weight is 413 g/mol. The third kappa shape index (κ3) is 6.02. The smallest absolute Gasteiger partial charge is 0.289 e. The highest BCUT2D eigenvalue weighted by atomic mass is 16.5. The van der Waals surface area contributed by atoms with Crippen molar-refractivity contribution in [1.29, 1.82) is 0 Å². The van der Waals surface area contributed by atoms with Gasteiger partial charge in [0.05, 0.1) is 12.9 Å². The molecular weight excluding hydrogens is 380 g/mol. The van der Waals surface area contributed by atoms with Gasteiger partial charge in [0, 0.05) is 39.8 Å². The van der Waals surface area contributed by atoms with Gasteiger partial charge in [-0.2, -0.15) is 0 Å². The number of nitrogens with one attached hydrogen (secondary N) is 1. The Balaban J connectivity index is 1.40. The van der Waals surface area contributed by atoms with Crippen LogP contribution in [0.2, 0.25) is 0 Å². The van der Waals surface area contributed by atoms with E-state index in [1.807, 2.05) is 17.0 Å². The van der Waals surface area contributed by atoms with E-state index in [9.17, 15) is 4.79 Å². The van der Waals surface area contributed by atoms with Gasteiger partial charge in [-0.05, 0) is 42.7 Å². The molecule has 2 aromatic rings. The molecule has 0 unspecified atom stereocenters. The van der Waals surface area contributed by atoms with E-state index >= 15 is 0 Å². The molecule has 1 aromatic carbocycles. The quantitative estimate of drug-likeness (QED) is 0.410. The molecule has 1 aliphatic heterocycles. The van der Waals surface area contributed by atoms with Crippen molar-refractivity contribution in [3.05, 3.63) is 54.0 Å². The van der Waals surface area contributed by atoms with E-state index < -0.39 is 0 Å². The second kappa shape index (κ2) is 11.3. The first-order valence-electron chi connectivity index (χ1n) is 10.7. The molecule has 0 aliphatic carbocycles. The lowest BCUT2D eigenvalue weighted by Gasteiger charge is -2.36. The molecular formula is C23H32N4O3. The molecule has 0 radical (unpaired) electrons. The first-order valence-corrected chi connectivity index (χ1v) is 10.7. The normalized spacial score (nSPS) is 14.7. The maximum Gasteiger partial charge on any atom is 0.289 e. The van der Waals surface area contributed by atoms with Crippen molar-refractivity contribution in [2.45, 2.75) is 26.2 Å². The minimum atomic E-state index is -0.0512. The summed E-state index contributed by atoms with van der Waals surface area (Å²) in [5.74, 6) is 2.15. The van der Waals surface area contributed by atoms with E-state index in [0.717, 1.165) is 57.2 Å². The summed E-state index contributed by atoms with van der Waals surface area (Å²) in [7, 11) is 1.80. The average Bonchev–Trinajstić information content (AvgIpc) is 3.33. The topological polar surface area (TPSA) is 70.3 Å². The second-order valence-corrected chi connectivity index (χ2v) is 7.33. The van der Waals surface area contributed by atoms with Crippen molar-refractivity contribution < 1.29 is 13.9 Å². The highest BCUT2D eigenvalue weighted by molar-refractivity contribution is 5.91. The Morgan fingerprint density at radius 2 is 1.87 bits per heavy atom. The summed E-state index contributed by atoms with van der Waals surface area (Å²) < 4.78 is 10.9. The minimum Gasteiger partial charge on any atom is -0.494 e. The number of hydrogen-bond acceptors (Lipinski definition) is 4. The van der Waals surface area contributed by atoms with Crippen LogP contribution in [-0.2, 0) is 6.42 Å². The maximum atomic E-state index is 12.4. The van der Waals surface area contributed by atoms with E-state index in [1.165, 1.54) is 11.8 Å². The molecule has 162 valence electrons. The van der Waals surface area contributed by atoms with Crippen molar-refractivity contribution in [3.63, 3.8) is 0 Å². The molecule has 0 saturated carbocycles. The summed E-state index contributed by atoms with van der Waals surface area (Å²) in [5.41, 5.74) is 1.26. The van der Waals surface area contributed by atoms with Crippen LogP contribution in [0.5, 0.6) is 5.75 Å². The molecule has 0 atom stereocenters. The highest BCUT2D eigenvalue weighted by Crippen LogP contribution is 2.13. The Kier molecular flexibility index (Phi) is 8.18. The first-order chi connectivity index (χ1) is 14.7. The summed E-state index contributed by atoms with van der Waals surface area (Å²) >= 11 is 0. The summed E-state index contributed by atoms with van der Waals surface area (Å²) in [6.45, 7) is 6.53. The Bertz CT molecular complexity index is 794. The van der Waals surface area contributed by atoms with Gasteiger partial charge < -0.3 is 24.3 Å². The number of amides is 1. The molecule has 1 fully saturated rings. The molecule has 30 heavy (non-hydrogen) atoms. The van der Waals surface area contributed by atoms with Gasteiger partial charge in [0.15, 0.2) is 11.7 Å². The van der Waals surface area contributed by atoms with Gasteiger partial charge in [-0.3, -0.25) is 9.79 Å². The fraction of sp³-hybridized carbons (Fsp3) is 0.478. The zero-order chi connectivity index (χ0) is 21.2. The monoisotopic (exact) mass is 412 g/mol. The van der Waals surface area contributed by atoms with Crippen molar-refractivity contribution >= 4 is 11.9 Å². The molecule has 1 aromatic heterocycles. The number of benzene rings is 1. The lowest BCUT2D eigenvalue weighted by molar-refractivity contribution is 0.0658. The first kappa shape index (κ1) is 21.7. The lowest BCUT2D eigenvalue weighted by Crippen LogP contribution is -2.53. The highest BCUT2D eigenvalue weighted by Gasteiger charge is 2.25. The van der Waals surface area contributed by atoms with Gasteiger partial charge in [0.1, 0.15) is 5.75 Å². The van der Waals surface area contributed by atoms with E-state index in [0.29, 0.717) is 18.8 Å². The third-order valence-electron chi connectivity index (χ3n) is 5.20. The SMILES string of the molecule is CCCCOc1ccc(CCNC(=NC)N2CCN(C(=O)c3ccco3)CC2)cc1. The maximum absolute atomic E-state index is 12.4. The fourth-order valence-corrected chi connectivity index (χ4v) is 3.42. The molecule has 1 saturated heterocycles. The number of rotatable bonds is 8. The molecule has 1 N–H and O–H groups in total. The van der Waals surface area contributed by atoms with E-state index in [1.54, 1.807) is 19.2 Å². The van der Waals surface area contributed by atoms with Crippen LogP contribution < -0.4 is 10.1 Å². The fourth-order valence-electron chi connectivity index (χ4n) is 3.42. The Labute approximate surface area is 178 Å². The number of carbonyl (C=O) groups is 1. The van der Waals surface area contributed by atoms with Gasteiger partial charge in [0.2, 0.25) is 0 Å². The van der Waals surface area contributed by atoms with Gasteiger partial charge in [0.25, 0.3) is 5.91 Å². The van der Waals surface area contributed by atoms with Crippen LogP contribution in [0.3, 0.4) is 0 Å².